The van der Waals surface area contributed by atoms with Gasteiger partial charge in [0.2, 0.25) is 0 Å². The summed E-state index contributed by atoms with van der Waals surface area (Å²) in [4.78, 5) is 29.2. The highest BCUT2D eigenvalue weighted by Crippen LogP contribution is 2.32. The molecule has 3 aromatic heterocycles. The van der Waals surface area contributed by atoms with Crippen LogP contribution in [0.1, 0.15) is 53.2 Å². The molecule has 4 aromatic rings. The second-order valence-corrected chi connectivity index (χ2v) is 11.5. The molecule has 0 radical (unpaired) electrons. The Balaban J connectivity index is 1.42. The molecule has 5 rings (SSSR count). The van der Waals surface area contributed by atoms with E-state index in [1.165, 1.54) is 11.3 Å². The average molecular weight is 572 g/mol. The van der Waals surface area contributed by atoms with Gasteiger partial charge in [-0.15, -0.1) is 11.3 Å². The lowest BCUT2D eigenvalue weighted by Crippen LogP contribution is -2.46. The second kappa shape index (κ2) is 11.9. The number of carbonyl (C=O) groups is 2. The van der Waals surface area contributed by atoms with Crippen molar-refractivity contribution in [3.63, 3.8) is 0 Å². The number of halogens is 1. The predicted octanol–water partition coefficient (Wildman–Crippen LogP) is 4.21. The summed E-state index contributed by atoms with van der Waals surface area (Å²) in [6.45, 7) is 6.07. The third-order valence-electron chi connectivity index (χ3n) is 6.81. The zero-order chi connectivity index (χ0) is 27.5. The fourth-order valence-corrected chi connectivity index (χ4v) is 5.72. The number of thiophene rings is 1. The Morgan fingerprint density at radius 2 is 2.03 bits per heavy atom. The standard InChI is InChI=1S/C27H30ClN5O5S/c1-16(2)32-9-7-18(8-10-32)29-26(35)25-20-13-17(27(36)37-12-11-34)3-4-21(20)33(30-25)15-19-14-22(38-31-19)23-5-6-24(28)39-23/h3-6,13-14,16,18,34H,7-12,15H2,1-2H3,(H,29,35). The van der Waals surface area contributed by atoms with Crippen molar-refractivity contribution in [2.45, 2.75) is 45.3 Å². The van der Waals surface area contributed by atoms with Gasteiger partial charge in [-0.1, -0.05) is 16.8 Å². The maximum atomic E-state index is 13.5. The van der Waals surface area contributed by atoms with Crippen LogP contribution in [0, 0.1) is 0 Å². The molecule has 1 amide bonds. The molecule has 1 aromatic carbocycles. The van der Waals surface area contributed by atoms with Crippen LogP contribution in [0.2, 0.25) is 4.34 Å². The number of rotatable bonds is 9. The summed E-state index contributed by atoms with van der Waals surface area (Å²) in [6.07, 6.45) is 1.71. The highest BCUT2D eigenvalue weighted by molar-refractivity contribution is 7.19. The third-order valence-corrected chi connectivity index (χ3v) is 8.05. The fourth-order valence-electron chi connectivity index (χ4n) is 4.73. The Bertz CT molecular complexity index is 1470. The van der Waals surface area contributed by atoms with Crippen LogP contribution in [0.3, 0.4) is 0 Å². The molecule has 0 saturated carbocycles. The van der Waals surface area contributed by atoms with E-state index in [2.05, 4.69) is 34.3 Å². The number of aliphatic hydroxyl groups is 1. The first kappa shape index (κ1) is 27.3. The number of likely N-dealkylation sites (tertiary alicyclic amines) is 1. The lowest BCUT2D eigenvalue weighted by Gasteiger charge is -2.34. The van der Waals surface area contributed by atoms with Crippen LogP contribution in [0.25, 0.3) is 21.5 Å². The van der Waals surface area contributed by atoms with Crippen molar-refractivity contribution in [3.8, 4) is 10.6 Å². The van der Waals surface area contributed by atoms with Crippen LogP contribution in [-0.4, -0.2) is 75.2 Å². The summed E-state index contributed by atoms with van der Waals surface area (Å²) < 4.78 is 12.9. The number of aliphatic hydroxyl groups excluding tert-OH is 1. The van der Waals surface area contributed by atoms with Gasteiger partial charge in [0.1, 0.15) is 12.3 Å². The second-order valence-electron chi connectivity index (χ2n) is 9.76. The van der Waals surface area contributed by atoms with Gasteiger partial charge in [-0.2, -0.15) is 5.10 Å². The molecular weight excluding hydrogens is 542 g/mol. The number of hydrogen-bond acceptors (Lipinski definition) is 9. The molecule has 0 aliphatic carbocycles. The smallest absolute Gasteiger partial charge is 0.338 e. The summed E-state index contributed by atoms with van der Waals surface area (Å²) in [5.41, 5.74) is 1.78. The fraction of sp³-hybridized carbons (Fsp3) is 0.407. The number of fused-ring (bicyclic) bond motifs is 1. The first-order chi connectivity index (χ1) is 18.8. The number of nitrogens with zero attached hydrogens (tertiary/aromatic N) is 4. The highest BCUT2D eigenvalue weighted by atomic mass is 35.5. The lowest BCUT2D eigenvalue weighted by atomic mass is 10.0. The number of ether oxygens (including phenoxy) is 1. The van der Waals surface area contributed by atoms with Gasteiger partial charge in [0.25, 0.3) is 5.91 Å². The number of hydrogen-bond donors (Lipinski definition) is 2. The molecule has 39 heavy (non-hydrogen) atoms. The largest absolute Gasteiger partial charge is 0.460 e. The molecule has 0 bridgehead atoms. The summed E-state index contributed by atoms with van der Waals surface area (Å²) in [7, 11) is 0. The maximum Gasteiger partial charge on any atom is 0.338 e. The van der Waals surface area contributed by atoms with Crippen molar-refractivity contribution in [2.75, 3.05) is 26.3 Å². The predicted molar refractivity (Wildman–Crippen MR) is 148 cm³/mol. The molecular formula is C27H30ClN5O5S. The highest BCUT2D eigenvalue weighted by Gasteiger charge is 2.26. The quantitative estimate of drug-likeness (QED) is 0.287. The van der Waals surface area contributed by atoms with E-state index in [1.54, 1.807) is 28.9 Å². The monoisotopic (exact) mass is 571 g/mol. The zero-order valence-corrected chi connectivity index (χ0v) is 23.3. The first-order valence-electron chi connectivity index (χ1n) is 12.9. The summed E-state index contributed by atoms with van der Waals surface area (Å²) in [5, 5.41) is 21.5. The van der Waals surface area contributed by atoms with Gasteiger partial charge in [-0.25, -0.2) is 4.79 Å². The minimum absolute atomic E-state index is 0.0427. The molecule has 1 aliphatic rings. The molecule has 1 saturated heterocycles. The van der Waals surface area contributed by atoms with Crippen LogP contribution in [0.15, 0.2) is 40.9 Å². The van der Waals surface area contributed by atoms with E-state index in [0.717, 1.165) is 30.8 Å². The zero-order valence-electron chi connectivity index (χ0n) is 21.7. The van der Waals surface area contributed by atoms with Crippen LogP contribution in [-0.2, 0) is 11.3 Å². The molecule has 1 aliphatic heterocycles. The molecule has 1 fully saturated rings. The minimum Gasteiger partial charge on any atom is -0.460 e. The number of carbonyl (C=O) groups excluding carboxylic acids is 2. The molecule has 4 heterocycles. The van der Waals surface area contributed by atoms with Gasteiger partial charge in [0, 0.05) is 36.6 Å². The van der Waals surface area contributed by atoms with Crippen molar-refractivity contribution < 1.29 is 24.0 Å². The van der Waals surface area contributed by atoms with E-state index in [4.69, 9.17) is 26.0 Å². The molecule has 10 nitrogen and oxygen atoms in total. The van der Waals surface area contributed by atoms with E-state index in [0.29, 0.717) is 32.7 Å². The molecule has 206 valence electrons. The van der Waals surface area contributed by atoms with Crippen molar-refractivity contribution in [1.82, 2.24) is 25.2 Å². The molecule has 2 N–H and O–H groups in total. The number of nitrogens with one attached hydrogen (secondary N) is 1. The van der Waals surface area contributed by atoms with Gasteiger partial charge in [-0.3, -0.25) is 9.48 Å². The Morgan fingerprint density at radius 1 is 1.23 bits per heavy atom. The van der Waals surface area contributed by atoms with Gasteiger partial charge >= 0.3 is 5.97 Å². The van der Waals surface area contributed by atoms with Crippen LogP contribution >= 0.6 is 22.9 Å². The molecule has 12 heteroatoms. The minimum atomic E-state index is -0.582. The Morgan fingerprint density at radius 3 is 2.72 bits per heavy atom. The van der Waals surface area contributed by atoms with E-state index < -0.39 is 5.97 Å². The van der Waals surface area contributed by atoms with E-state index >= 15 is 0 Å². The summed E-state index contributed by atoms with van der Waals surface area (Å²) >= 11 is 7.45. The van der Waals surface area contributed by atoms with E-state index in [-0.39, 0.29) is 43.0 Å². The van der Waals surface area contributed by atoms with Crippen LogP contribution < -0.4 is 5.32 Å². The third kappa shape index (κ3) is 6.17. The molecule has 0 atom stereocenters. The Hall–Kier alpha value is -3.25. The van der Waals surface area contributed by atoms with Gasteiger partial charge in [-0.05, 0) is 57.0 Å². The first-order valence-corrected chi connectivity index (χ1v) is 14.1. The lowest BCUT2D eigenvalue weighted by molar-refractivity contribution is 0.0433. The van der Waals surface area contributed by atoms with Gasteiger partial charge in [0.05, 0.1) is 33.4 Å². The summed E-state index contributed by atoms with van der Waals surface area (Å²) in [5.74, 6) is -0.281. The number of piperidine rings is 1. The molecule has 0 spiro atoms. The van der Waals surface area contributed by atoms with Crippen LogP contribution in [0.4, 0.5) is 0 Å². The number of amides is 1. The molecule has 0 unspecified atom stereocenters. The summed E-state index contributed by atoms with van der Waals surface area (Å²) in [6, 6.07) is 11.0. The van der Waals surface area contributed by atoms with E-state index in [9.17, 15) is 9.59 Å². The van der Waals surface area contributed by atoms with Gasteiger partial charge < -0.3 is 24.6 Å². The Kier molecular flexibility index (Phi) is 8.31. The van der Waals surface area contributed by atoms with E-state index in [1.807, 2.05) is 12.1 Å². The van der Waals surface area contributed by atoms with Crippen molar-refractivity contribution in [2.24, 2.45) is 0 Å². The number of benzene rings is 1. The van der Waals surface area contributed by atoms with Crippen molar-refractivity contribution >= 4 is 45.7 Å². The van der Waals surface area contributed by atoms with Crippen molar-refractivity contribution in [1.29, 1.82) is 0 Å². The maximum absolute atomic E-state index is 13.5. The average Bonchev–Trinajstić information content (AvgIpc) is 3.66. The van der Waals surface area contributed by atoms with Gasteiger partial charge in [0.15, 0.2) is 11.5 Å². The normalized spacial score (nSPS) is 14.8. The SMILES string of the molecule is CC(C)N1CCC(NC(=O)c2nn(Cc3cc(-c4ccc(Cl)s4)on3)c3ccc(C(=O)OCCO)cc23)CC1. The topological polar surface area (TPSA) is 123 Å². The Labute approximate surface area is 234 Å². The van der Waals surface area contributed by atoms with Crippen LogP contribution in [0.5, 0.6) is 0 Å². The van der Waals surface area contributed by atoms with Crippen molar-refractivity contribution in [3.05, 3.63) is 57.7 Å². The number of esters is 1. The number of aromatic nitrogens is 3.